The predicted octanol–water partition coefficient (Wildman–Crippen LogP) is 0.586. The highest BCUT2D eigenvalue weighted by atomic mass is 32.2. The zero-order chi connectivity index (χ0) is 14.9. The number of hydrogen-bond acceptors (Lipinski definition) is 6. The van der Waals surface area contributed by atoms with Crippen LogP contribution in [0.4, 0.5) is 11.4 Å². The molecule has 0 saturated carbocycles. The van der Waals surface area contributed by atoms with Crippen molar-refractivity contribution >= 4 is 21.4 Å². The lowest BCUT2D eigenvalue weighted by Crippen LogP contribution is -2.44. The first-order valence-electron chi connectivity index (χ1n) is 5.98. The molecular weight excluding hydrogens is 286 g/mol. The number of benzene rings is 1. The Bertz CT molecular complexity index is 631. The van der Waals surface area contributed by atoms with Crippen LogP contribution in [0.2, 0.25) is 0 Å². The summed E-state index contributed by atoms with van der Waals surface area (Å²) in [6.45, 7) is 2.57. The largest absolute Gasteiger partial charge is 0.397 e. The summed E-state index contributed by atoms with van der Waals surface area (Å²) in [7, 11) is -3.76. The highest BCUT2D eigenvalue weighted by Crippen LogP contribution is 2.27. The van der Waals surface area contributed by atoms with Gasteiger partial charge in [0.15, 0.2) is 0 Å². The lowest BCUT2D eigenvalue weighted by atomic mass is 10.3. The molecule has 1 aromatic rings. The normalized spacial score (nSPS) is 20.8. The second kappa shape index (κ2) is 5.35. The molecule has 2 rings (SSSR count). The fraction of sp³-hybridized carbons (Fsp3) is 0.455. The van der Waals surface area contributed by atoms with Crippen LogP contribution in [0.1, 0.15) is 6.92 Å². The maximum atomic E-state index is 12.5. The Morgan fingerprint density at radius 2 is 2.20 bits per heavy atom. The maximum Gasteiger partial charge on any atom is 0.271 e. The van der Waals surface area contributed by atoms with Gasteiger partial charge in [0.05, 0.1) is 23.3 Å². The van der Waals surface area contributed by atoms with E-state index in [0.717, 1.165) is 12.1 Å². The Hall–Kier alpha value is -1.71. The van der Waals surface area contributed by atoms with E-state index in [0.29, 0.717) is 6.61 Å². The van der Waals surface area contributed by atoms with Gasteiger partial charge in [0, 0.05) is 25.2 Å². The van der Waals surface area contributed by atoms with E-state index in [9.17, 15) is 18.5 Å². The third-order valence-electron chi connectivity index (χ3n) is 3.03. The average Bonchev–Trinajstić information content (AvgIpc) is 2.38. The van der Waals surface area contributed by atoms with Crippen molar-refractivity contribution in [1.29, 1.82) is 0 Å². The van der Waals surface area contributed by atoms with Crippen molar-refractivity contribution in [2.75, 3.05) is 25.4 Å². The van der Waals surface area contributed by atoms with Gasteiger partial charge in [-0.15, -0.1) is 0 Å². The first-order chi connectivity index (χ1) is 9.32. The standard InChI is InChI=1S/C11H15N3O5S/c1-8-7-13(4-5-19-8)20(17,18)11-3-2-9(14(15)16)6-10(11)12/h2-3,6,8H,4-5,7,12H2,1H3. The van der Waals surface area contributed by atoms with Gasteiger partial charge < -0.3 is 10.5 Å². The summed E-state index contributed by atoms with van der Waals surface area (Å²) >= 11 is 0. The Kier molecular flexibility index (Phi) is 3.93. The van der Waals surface area contributed by atoms with E-state index >= 15 is 0 Å². The number of sulfonamides is 1. The van der Waals surface area contributed by atoms with Crippen molar-refractivity contribution in [3.05, 3.63) is 28.3 Å². The summed E-state index contributed by atoms with van der Waals surface area (Å²) in [6.07, 6.45) is -0.196. The Morgan fingerprint density at radius 3 is 2.75 bits per heavy atom. The molecule has 0 radical (unpaired) electrons. The molecule has 1 unspecified atom stereocenters. The summed E-state index contributed by atoms with van der Waals surface area (Å²) in [5.41, 5.74) is 5.28. The molecule has 1 heterocycles. The number of nitrogen functional groups attached to an aromatic ring is 1. The van der Waals surface area contributed by atoms with Gasteiger partial charge in [0.1, 0.15) is 4.90 Å². The molecule has 1 atom stereocenters. The fourth-order valence-electron chi connectivity index (χ4n) is 2.03. The molecule has 0 bridgehead atoms. The van der Waals surface area contributed by atoms with Crippen molar-refractivity contribution in [1.82, 2.24) is 4.31 Å². The molecule has 0 spiro atoms. The van der Waals surface area contributed by atoms with Gasteiger partial charge in [-0.25, -0.2) is 8.42 Å². The molecule has 9 heteroatoms. The Balaban J connectivity index is 2.36. The number of non-ortho nitro benzene ring substituents is 1. The third kappa shape index (κ3) is 2.74. The third-order valence-corrected chi connectivity index (χ3v) is 4.96. The van der Waals surface area contributed by atoms with Crippen molar-refractivity contribution in [3.63, 3.8) is 0 Å². The van der Waals surface area contributed by atoms with E-state index in [1.165, 1.54) is 10.4 Å². The van der Waals surface area contributed by atoms with Gasteiger partial charge >= 0.3 is 0 Å². The van der Waals surface area contributed by atoms with Crippen molar-refractivity contribution in [2.45, 2.75) is 17.9 Å². The van der Waals surface area contributed by atoms with Crippen molar-refractivity contribution in [2.24, 2.45) is 0 Å². The lowest BCUT2D eigenvalue weighted by molar-refractivity contribution is -0.384. The minimum Gasteiger partial charge on any atom is -0.397 e. The SMILES string of the molecule is CC1CN(S(=O)(=O)c2ccc([N+](=O)[O-])cc2N)CCO1. The minimum absolute atomic E-state index is 0.114. The highest BCUT2D eigenvalue weighted by Gasteiger charge is 2.31. The Morgan fingerprint density at radius 1 is 1.50 bits per heavy atom. The smallest absolute Gasteiger partial charge is 0.271 e. The molecule has 2 N–H and O–H groups in total. The molecule has 0 aromatic heterocycles. The van der Waals surface area contributed by atoms with Crippen LogP contribution in [0.3, 0.4) is 0 Å². The number of rotatable bonds is 3. The molecule has 1 aliphatic rings. The zero-order valence-electron chi connectivity index (χ0n) is 10.9. The molecule has 0 aliphatic carbocycles. The molecule has 1 aromatic carbocycles. The fourth-order valence-corrected chi connectivity index (χ4v) is 3.62. The quantitative estimate of drug-likeness (QED) is 0.496. The van der Waals surface area contributed by atoms with E-state index < -0.39 is 14.9 Å². The minimum atomic E-state index is -3.76. The number of nitro groups is 1. The van der Waals surface area contributed by atoms with Crippen LogP contribution < -0.4 is 5.73 Å². The van der Waals surface area contributed by atoms with Crippen LogP contribution in [-0.4, -0.2) is 43.4 Å². The molecular formula is C11H15N3O5S. The number of nitrogens with two attached hydrogens (primary N) is 1. The number of anilines is 1. The lowest BCUT2D eigenvalue weighted by Gasteiger charge is -2.30. The Labute approximate surface area is 116 Å². The van der Waals surface area contributed by atoms with Crippen LogP contribution in [0, 0.1) is 10.1 Å². The monoisotopic (exact) mass is 301 g/mol. The number of nitrogens with zero attached hydrogens (tertiary/aromatic N) is 2. The van der Waals surface area contributed by atoms with E-state index in [1.54, 1.807) is 6.92 Å². The van der Waals surface area contributed by atoms with Gasteiger partial charge in [-0.3, -0.25) is 10.1 Å². The van der Waals surface area contributed by atoms with E-state index in [1.807, 2.05) is 0 Å². The number of ether oxygens (including phenoxy) is 1. The molecule has 1 saturated heterocycles. The molecule has 1 aliphatic heterocycles. The second-order valence-electron chi connectivity index (χ2n) is 4.52. The molecule has 110 valence electrons. The zero-order valence-corrected chi connectivity index (χ0v) is 11.7. The predicted molar refractivity (Wildman–Crippen MR) is 71.7 cm³/mol. The van der Waals surface area contributed by atoms with Crippen LogP contribution >= 0.6 is 0 Å². The van der Waals surface area contributed by atoms with Gasteiger partial charge in [0.25, 0.3) is 5.69 Å². The maximum absolute atomic E-state index is 12.5. The van der Waals surface area contributed by atoms with Crippen LogP contribution in [0.15, 0.2) is 23.1 Å². The van der Waals surface area contributed by atoms with Crippen LogP contribution in [0.5, 0.6) is 0 Å². The van der Waals surface area contributed by atoms with Crippen LogP contribution in [-0.2, 0) is 14.8 Å². The summed E-state index contributed by atoms with van der Waals surface area (Å²) in [6, 6.07) is 3.35. The highest BCUT2D eigenvalue weighted by molar-refractivity contribution is 7.89. The summed E-state index contributed by atoms with van der Waals surface area (Å²) < 4.78 is 31.5. The summed E-state index contributed by atoms with van der Waals surface area (Å²) in [5.74, 6) is 0. The van der Waals surface area contributed by atoms with Crippen molar-refractivity contribution in [3.8, 4) is 0 Å². The van der Waals surface area contributed by atoms with Crippen LogP contribution in [0.25, 0.3) is 0 Å². The van der Waals surface area contributed by atoms with E-state index in [2.05, 4.69) is 0 Å². The number of hydrogen-bond donors (Lipinski definition) is 1. The first kappa shape index (κ1) is 14.7. The average molecular weight is 301 g/mol. The molecule has 1 fully saturated rings. The number of nitro benzene ring substituents is 1. The first-order valence-corrected chi connectivity index (χ1v) is 7.42. The van der Waals surface area contributed by atoms with Gasteiger partial charge in [0.2, 0.25) is 10.0 Å². The van der Waals surface area contributed by atoms with Gasteiger partial charge in [-0.05, 0) is 13.0 Å². The van der Waals surface area contributed by atoms with Gasteiger partial charge in [-0.2, -0.15) is 4.31 Å². The second-order valence-corrected chi connectivity index (χ2v) is 6.43. The molecule has 0 amide bonds. The summed E-state index contributed by atoms with van der Waals surface area (Å²) in [4.78, 5) is 9.90. The summed E-state index contributed by atoms with van der Waals surface area (Å²) in [5, 5.41) is 10.6. The number of morpholine rings is 1. The topological polar surface area (TPSA) is 116 Å². The van der Waals surface area contributed by atoms with E-state index in [4.69, 9.17) is 10.5 Å². The van der Waals surface area contributed by atoms with Crippen molar-refractivity contribution < 1.29 is 18.1 Å². The van der Waals surface area contributed by atoms with E-state index in [-0.39, 0.29) is 35.5 Å². The molecule has 8 nitrogen and oxygen atoms in total. The van der Waals surface area contributed by atoms with Gasteiger partial charge in [-0.1, -0.05) is 0 Å². The molecule has 20 heavy (non-hydrogen) atoms.